The maximum absolute atomic E-state index is 3.58. The van der Waals surface area contributed by atoms with E-state index in [0.29, 0.717) is 0 Å². The summed E-state index contributed by atoms with van der Waals surface area (Å²) in [6, 6.07) is 19.0. The van der Waals surface area contributed by atoms with Crippen LogP contribution in [-0.4, -0.2) is 0 Å². The summed E-state index contributed by atoms with van der Waals surface area (Å²) in [7, 11) is 0. The fourth-order valence-corrected chi connectivity index (χ4v) is 2.99. The van der Waals surface area contributed by atoms with Gasteiger partial charge in [-0.25, -0.2) is 0 Å². The molecule has 2 aliphatic rings. The van der Waals surface area contributed by atoms with Gasteiger partial charge < -0.3 is 5.32 Å². The lowest BCUT2D eigenvalue weighted by Crippen LogP contribution is -2.01. The third-order valence-electron chi connectivity index (χ3n) is 4.09. The molecule has 0 unspecified atom stereocenters. The lowest BCUT2D eigenvalue weighted by molar-refractivity contribution is 1.25. The minimum atomic E-state index is 0.954. The van der Waals surface area contributed by atoms with Crippen LogP contribution < -0.4 is 5.32 Å². The van der Waals surface area contributed by atoms with E-state index in [1.807, 2.05) is 19.9 Å². The Morgan fingerprint density at radius 1 is 0.750 bits per heavy atom. The van der Waals surface area contributed by atoms with Crippen LogP contribution in [0.15, 0.2) is 90.2 Å². The number of hydrogen-bond acceptors (Lipinski definition) is 1. The number of benzene rings is 2. The summed E-state index contributed by atoms with van der Waals surface area (Å²) >= 11 is 0. The zero-order chi connectivity index (χ0) is 16.8. The van der Waals surface area contributed by atoms with Gasteiger partial charge in [0.2, 0.25) is 0 Å². The first-order chi connectivity index (χ1) is 11.9. The van der Waals surface area contributed by atoms with E-state index in [1.165, 1.54) is 28.0 Å². The van der Waals surface area contributed by atoms with Gasteiger partial charge in [-0.15, -0.1) is 0 Å². The Kier molecular flexibility index (Phi) is 5.12. The third kappa shape index (κ3) is 3.41. The first kappa shape index (κ1) is 16.1. The van der Waals surface area contributed by atoms with Crippen LogP contribution in [0.4, 0.5) is 5.69 Å². The molecule has 120 valence electrons. The summed E-state index contributed by atoms with van der Waals surface area (Å²) in [6.45, 7) is 4.00. The monoisotopic (exact) mass is 313 g/mol. The van der Waals surface area contributed by atoms with E-state index < -0.39 is 0 Å². The van der Waals surface area contributed by atoms with Gasteiger partial charge in [-0.05, 0) is 40.5 Å². The minimum Gasteiger partial charge on any atom is -0.355 e. The van der Waals surface area contributed by atoms with Crippen LogP contribution in [0.2, 0.25) is 0 Å². The minimum absolute atomic E-state index is 0.954. The molecule has 1 N–H and O–H groups in total. The zero-order valence-electron chi connectivity index (χ0n) is 14.3. The first-order valence-corrected chi connectivity index (χ1v) is 8.60. The Balaban J connectivity index is 0.000000815. The predicted molar refractivity (Wildman–Crippen MR) is 106 cm³/mol. The fraction of sp³-hybridized carbons (Fsp3) is 0.130. The van der Waals surface area contributed by atoms with Crippen molar-refractivity contribution < 1.29 is 0 Å². The standard InChI is InChI=1S/C21H17N.C2H6/c1-2-11-19(12-3-1)22-21-15-17-9-6-7-13-20(17)16-8-4-5-10-18(21)14-16;1-2/h1-13,15,22H,14H2;1-2H3. The maximum Gasteiger partial charge on any atom is 0.0426 e. The van der Waals surface area contributed by atoms with Crippen molar-refractivity contribution in [1.29, 1.82) is 0 Å². The predicted octanol–water partition coefficient (Wildman–Crippen LogP) is 6.45. The van der Waals surface area contributed by atoms with Gasteiger partial charge in [0, 0.05) is 17.8 Å². The van der Waals surface area contributed by atoms with Crippen molar-refractivity contribution in [2.75, 3.05) is 5.32 Å². The largest absolute Gasteiger partial charge is 0.355 e. The Bertz CT molecular complexity index is 820. The average Bonchev–Trinajstić information content (AvgIpc) is 2.97. The molecule has 1 nitrogen and oxygen atoms in total. The number of fused-ring (bicyclic) bond motifs is 4. The molecule has 0 radical (unpaired) electrons. The molecule has 0 aliphatic heterocycles. The average molecular weight is 313 g/mol. The van der Waals surface area contributed by atoms with Crippen molar-refractivity contribution in [1.82, 2.24) is 0 Å². The molecule has 0 saturated heterocycles. The van der Waals surface area contributed by atoms with Gasteiger partial charge >= 0.3 is 0 Å². The molecule has 0 fully saturated rings. The zero-order valence-corrected chi connectivity index (χ0v) is 14.3. The van der Waals surface area contributed by atoms with E-state index in [1.54, 1.807) is 0 Å². The highest BCUT2D eigenvalue weighted by molar-refractivity contribution is 5.83. The van der Waals surface area contributed by atoms with Gasteiger partial charge in [0.15, 0.2) is 0 Å². The normalized spacial score (nSPS) is 14.7. The van der Waals surface area contributed by atoms with Gasteiger partial charge in [0.1, 0.15) is 0 Å². The van der Waals surface area contributed by atoms with E-state index in [2.05, 4.69) is 84.2 Å². The lowest BCUT2D eigenvalue weighted by Gasteiger charge is -2.13. The van der Waals surface area contributed by atoms with Crippen LogP contribution in [0.25, 0.3) is 11.6 Å². The number of allylic oxidation sites excluding steroid dienone is 6. The van der Waals surface area contributed by atoms with Crippen molar-refractivity contribution >= 4 is 17.3 Å². The Labute approximate surface area is 144 Å². The van der Waals surface area contributed by atoms with Crippen molar-refractivity contribution in [2.24, 2.45) is 0 Å². The molecule has 2 aliphatic carbocycles. The van der Waals surface area contributed by atoms with Gasteiger partial charge in [-0.3, -0.25) is 0 Å². The molecule has 0 aromatic heterocycles. The van der Waals surface area contributed by atoms with Crippen LogP contribution in [0.1, 0.15) is 31.4 Å². The Morgan fingerprint density at radius 3 is 2.21 bits per heavy atom. The Hall–Kier alpha value is -2.80. The molecule has 2 bridgehead atoms. The van der Waals surface area contributed by atoms with Crippen LogP contribution >= 0.6 is 0 Å². The number of rotatable bonds is 2. The summed E-state index contributed by atoms with van der Waals surface area (Å²) in [5.74, 6) is 0. The van der Waals surface area contributed by atoms with E-state index >= 15 is 0 Å². The molecule has 1 heteroatoms. The van der Waals surface area contributed by atoms with Gasteiger partial charge in [-0.1, -0.05) is 80.6 Å². The van der Waals surface area contributed by atoms with Crippen LogP contribution in [0.5, 0.6) is 0 Å². The molecule has 0 heterocycles. The van der Waals surface area contributed by atoms with Crippen molar-refractivity contribution in [3.63, 3.8) is 0 Å². The second-order valence-corrected chi connectivity index (χ2v) is 5.58. The van der Waals surface area contributed by atoms with E-state index in [0.717, 1.165) is 12.1 Å². The molecule has 2 aromatic carbocycles. The summed E-state index contributed by atoms with van der Waals surface area (Å²) in [6.07, 6.45) is 11.9. The SMILES string of the molecule is C1=CC=C2CC(=C1)C(Nc1ccccc1)=Cc1ccccc12.CC. The number of para-hydroxylation sites is 1. The summed E-state index contributed by atoms with van der Waals surface area (Å²) in [5, 5.41) is 3.58. The van der Waals surface area contributed by atoms with Crippen LogP contribution in [0, 0.1) is 0 Å². The molecular weight excluding hydrogens is 290 g/mol. The highest BCUT2D eigenvalue weighted by atomic mass is 14.9. The maximum atomic E-state index is 3.58. The number of anilines is 1. The van der Waals surface area contributed by atoms with Crippen LogP contribution in [-0.2, 0) is 0 Å². The topological polar surface area (TPSA) is 12.0 Å². The first-order valence-electron chi connectivity index (χ1n) is 8.60. The van der Waals surface area contributed by atoms with Crippen molar-refractivity contribution in [3.05, 3.63) is 101 Å². The van der Waals surface area contributed by atoms with Gasteiger partial charge in [0.25, 0.3) is 0 Å². The van der Waals surface area contributed by atoms with Crippen molar-refractivity contribution in [2.45, 2.75) is 20.3 Å². The van der Waals surface area contributed by atoms with E-state index in [-0.39, 0.29) is 0 Å². The third-order valence-corrected chi connectivity index (χ3v) is 4.09. The molecule has 4 rings (SSSR count). The highest BCUT2D eigenvalue weighted by Crippen LogP contribution is 2.35. The fourth-order valence-electron chi connectivity index (χ4n) is 2.99. The molecule has 24 heavy (non-hydrogen) atoms. The summed E-state index contributed by atoms with van der Waals surface area (Å²) in [4.78, 5) is 0. The lowest BCUT2D eigenvalue weighted by atomic mass is 9.97. The molecular formula is C23H23N. The quantitative estimate of drug-likeness (QED) is 0.672. The Morgan fingerprint density at radius 2 is 1.42 bits per heavy atom. The molecule has 0 saturated carbocycles. The molecule has 2 aromatic rings. The second kappa shape index (κ2) is 7.65. The molecule has 0 atom stereocenters. The second-order valence-electron chi connectivity index (χ2n) is 5.58. The van der Waals surface area contributed by atoms with E-state index in [9.17, 15) is 0 Å². The van der Waals surface area contributed by atoms with Gasteiger partial charge in [0.05, 0.1) is 0 Å². The summed E-state index contributed by atoms with van der Waals surface area (Å²) < 4.78 is 0. The molecule has 0 spiro atoms. The smallest absolute Gasteiger partial charge is 0.0426 e. The molecule has 0 amide bonds. The van der Waals surface area contributed by atoms with Gasteiger partial charge in [-0.2, -0.15) is 0 Å². The van der Waals surface area contributed by atoms with Crippen LogP contribution in [0.3, 0.4) is 0 Å². The highest BCUT2D eigenvalue weighted by Gasteiger charge is 2.17. The number of hydrogen-bond donors (Lipinski definition) is 1. The van der Waals surface area contributed by atoms with Crippen molar-refractivity contribution in [3.8, 4) is 0 Å². The van der Waals surface area contributed by atoms with E-state index in [4.69, 9.17) is 0 Å². The number of nitrogens with one attached hydrogen (secondary N) is 1. The summed E-state index contributed by atoms with van der Waals surface area (Å²) in [5.41, 5.74) is 7.58.